The number of benzene rings is 1. The van der Waals surface area contributed by atoms with Gasteiger partial charge >= 0.3 is 0 Å². The van der Waals surface area contributed by atoms with Crippen LogP contribution in [0.15, 0.2) is 18.2 Å². The van der Waals surface area contributed by atoms with Gasteiger partial charge in [-0.05, 0) is 50.4 Å². The van der Waals surface area contributed by atoms with Gasteiger partial charge < -0.3 is 15.1 Å². The monoisotopic (exact) mass is 425 g/mol. The van der Waals surface area contributed by atoms with Gasteiger partial charge in [-0.15, -0.1) is 0 Å². The Balaban J connectivity index is 1.34. The van der Waals surface area contributed by atoms with Crippen molar-refractivity contribution in [2.75, 3.05) is 39.0 Å². The van der Waals surface area contributed by atoms with Crippen molar-refractivity contribution in [3.05, 3.63) is 52.2 Å². The van der Waals surface area contributed by atoms with Crippen LogP contribution in [0.2, 0.25) is 0 Å². The molecule has 1 N–H and O–H groups in total. The molecule has 2 aliphatic rings. The highest BCUT2D eigenvalue weighted by atomic mass is 19.1. The highest BCUT2D eigenvalue weighted by Gasteiger charge is 2.30. The standard InChI is InChI=1S/C24H32FN5O/c1-16-13-17(7-8-20(16)25)5-4-6-22(31)30-12-9-18(14-30)23-27-21-10-11-29(3)15-19(21)24(26-2)28-23/h7-8,13,18H,4-6,9-12,14-15H2,1-3H3,(H,26,27,28)/t18-/m0/s1. The molecule has 1 saturated heterocycles. The number of fused-ring (bicyclic) bond motifs is 1. The van der Waals surface area contributed by atoms with Gasteiger partial charge in [-0.1, -0.05) is 12.1 Å². The molecule has 1 fully saturated rings. The first-order valence-electron chi connectivity index (χ1n) is 11.2. The second-order valence-corrected chi connectivity index (χ2v) is 8.86. The molecule has 0 saturated carbocycles. The summed E-state index contributed by atoms with van der Waals surface area (Å²) in [6.07, 6.45) is 3.93. The number of halogens is 1. The summed E-state index contributed by atoms with van der Waals surface area (Å²) in [5.41, 5.74) is 4.08. The molecule has 0 radical (unpaired) electrons. The Morgan fingerprint density at radius 2 is 2.13 bits per heavy atom. The Morgan fingerprint density at radius 3 is 2.90 bits per heavy atom. The van der Waals surface area contributed by atoms with Gasteiger partial charge in [0.2, 0.25) is 5.91 Å². The number of rotatable bonds is 6. The van der Waals surface area contributed by atoms with E-state index in [-0.39, 0.29) is 17.6 Å². The smallest absolute Gasteiger partial charge is 0.222 e. The van der Waals surface area contributed by atoms with Crippen molar-refractivity contribution in [3.8, 4) is 0 Å². The fraction of sp³-hybridized carbons (Fsp3) is 0.542. The number of aryl methyl sites for hydroxylation is 2. The minimum absolute atomic E-state index is 0.180. The third kappa shape index (κ3) is 4.87. The summed E-state index contributed by atoms with van der Waals surface area (Å²) in [5, 5.41) is 3.24. The van der Waals surface area contributed by atoms with Gasteiger partial charge in [-0.2, -0.15) is 0 Å². The number of aromatic nitrogens is 2. The van der Waals surface area contributed by atoms with Crippen LogP contribution < -0.4 is 5.32 Å². The van der Waals surface area contributed by atoms with E-state index in [1.54, 1.807) is 6.92 Å². The number of amides is 1. The molecule has 4 rings (SSSR count). The molecule has 2 aromatic rings. The van der Waals surface area contributed by atoms with E-state index < -0.39 is 0 Å². The first-order valence-corrected chi connectivity index (χ1v) is 11.2. The molecular formula is C24H32FN5O. The van der Waals surface area contributed by atoms with Crippen molar-refractivity contribution < 1.29 is 9.18 Å². The molecule has 0 spiro atoms. The Morgan fingerprint density at radius 1 is 1.29 bits per heavy atom. The lowest BCUT2D eigenvalue weighted by Gasteiger charge is -2.26. The Hall–Kier alpha value is -2.54. The first kappa shape index (κ1) is 21.7. The zero-order valence-electron chi connectivity index (χ0n) is 18.7. The van der Waals surface area contributed by atoms with Crippen molar-refractivity contribution in [1.82, 2.24) is 19.8 Å². The minimum atomic E-state index is -0.180. The number of likely N-dealkylation sites (tertiary alicyclic amines) is 1. The molecule has 3 heterocycles. The Bertz CT molecular complexity index is 946. The lowest BCUT2D eigenvalue weighted by Crippen LogP contribution is -2.30. The van der Waals surface area contributed by atoms with Crippen molar-refractivity contribution in [3.63, 3.8) is 0 Å². The Kier molecular flexibility index (Phi) is 6.51. The molecule has 1 amide bonds. The normalized spacial score (nSPS) is 18.8. The number of carbonyl (C=O) groups excluding carboxylic acids is 1. The van der Waals surface area contributed by atoms with Crippen LogP contribution in [-0.2, 0) is 24.2 Å². The van der Waals surface area contributed by atoms with Crippen molar-refractivity contribution in [2.24, 2.45) is 0 Å². The largest absolute Gasteiger partial charge is 0.373 e. The number of likely N-dealkylation sites (N-methyl/N-ethyl adjacent to an activating group) is 1. The third-order valence-corrected chi connectivity index (χ3v) is 6.49. The van der Waals surface area contributed by atoms with Crippen molar-refractivity contribution in [1.29, 1.82) is 0 Å². The number of carbonyl (C=O) groups is 1. The first-order chi connectivity index (χ1) is 14.9. The van der Waals surface area contributed by atoms with E-state index in [1.807, 2.05) is 24.1 Å². The summed E-state index contributed by atoms with van der Waals surface area (Å²) < 4.78 is 13.4. The summed E-state index contributed by atoms with van der Waals surface area (Å²) in [7, 11) is 4.03. The lowest BCUT2D eigenvalue weighted by molar-refractivity contribution is -0.130. The molecule has 6 nitrogen and oxygen atoms in total. The molecule has 2 aliphatic heterocycles. The van der Waals surface area contributed by atoms with Crippen LogP contribution in [0.4, 0.5) is 10.2 Å². The molecule has 0 unspecified atom stereocenters. The van der Waals surface area contributed by atoms with Crippen LogP contribution in [0, 0.1) is 12.7 Å². The predicted octanol–water partition coefficient (Wildman–Crippen LogP) is 3.29. The molecule has 31 heavy (non-hydrogen) atoms. The topological polar surface area (TPSA) is 61.4 Å². The zero-order chi connectivity index (χ0) is 22.0. The number of nitrogens with one attached hydrogen (secondary N) is 1. The third-order valence-electron chi connectivity index (χ3n) is 6.49. The summed E-state index contributed by atoms with van der Waals surface area (Å²) in [6, 6.07) is 5.19. The summed E-state index contributed by atoms with van der Waals surface area (Å²) >= 11 is 0. The highest BCUT2D eigenvalue weighted by molar-refractivity contribution is 5.76. The van der Waals surface area contributed by atoms with Crippen molar-refractivity contribution in [2.45, 2.75) is 51.5 Å². The average Bonchev–Trinajstić information content (AvgIpc) is 3.26. The predicted molar refractivity (Wildman–Crippen MR) is 120 cm³/mol. The minimum Gasteiger partial charge on any atom is -0.373 e. The van der Waals surface area contributed by atoms with Gasteiger partial charge in [-0.3, -0.25) is 4.79 Å². The van der Waals surface area contributed by atoms with E-state index in [9.17, 15) is 9.18 Å². The van der Waals surface area contributed by atoms with E-state index in [0.29, 0.717) is 18.5 Å². The fourth-order valence-corrected chi connectivity index (χ4v) is 4.62. The van der Waals surface area contributed by atoms with Crippen LogP contribution in [0.3, 0.4) is 0 Å². The van der Waals surface area contributed by atoms with Crippen LogP contribution in [0.5, 0.6) is 0 Å². The van der Waals surface area contributed by atoms with Gasteiger partial charge in [0.15, 0.2) is 0 Å². The number of hydrogen-bond donors (Lipinski definition) is 1. The van der Waals surface area contributed by atoms with E-state index in [0.717, 1.165) is 68.2 Å². The molecular weight excluding hydrogens is 393 g/mol. The lowest BCUT2D eigenvalue weighted by atomic mass is 10.0. The molecule has 1 aromatic carbocycles. The average molecular weight is 426 g/mol. The summed E-state index contributed by atoms with van der Waals surface area (Å²) in [5.74, 6) is 1.99. The van der Waals surface area contributed by atoms with Crippen LogP contribution in [0.1, 0.15) is 53.4 Å². The second-order valence-electron chi connectivity index (χ2n) is 8.86. The second kappa shape index (κ2) is 9.30. The maximum atomic E-state index is 13.4. The van der Waals surface area contributed by atoms with Gasteiger partial charge in [0, 0.05) is 57.5 Å². The SMILES string of the molecule is CNc1nc([C@H]2CCN(C(=O)CCCc3ccc(F)c(C)c3)C2)nc2c1CN(C)CC2. The van der Waals surface area contributed by atoms with E-state index >= 15 is 0 Å². The van der Waals surface area contributed by atoms with Gasteiger partial charge in [0.05, 0.1) is 5.69 Å². The van der Waals surface area contributed by atoms with Gasteiger partial charge in [-0.25, -0.2) is 14.4 Å². The van der Waals surface area contributed by atoms with E-state index in [4.69, 9.17) is 9.97 Å². The number of anilines is 1. The molecule has 0 bridgehead atoms. The maximum Gasteiger partial charge on any atom is 0.222 e. The van der Waals surface area contributed by atoms with Crippen molar-refractivity contribution >= 4 is 11.7 Å². The molecule has 1 aromatic heterocycles. The number of nitrogens with zero attached hydrogens (tertiary/aromatic N) is 4. The molecule has 166 valence electrons. The Labute approximate surface area is 183 Å². The maximum absolute atomic E-state index is 13.4. The zero-order valence-corrected chi connectivity index (χ0v) is 18.7. The van der Waals surface area contributed by atoms with Gasteiger partial charge in [0.1, 0.15) is 17.5 Å². The summed E-state index contributed by atoms with van der Waals surface area (Å²) in [6.45, 7) is 5.10. The molecule has 1 atom stereocenters. The fourth-order valence-electron chi connectivity index (χ4n) is 4.62. The quantitative estimate of drug-likeness (QED) is 0.770. The van der Waals surface area contributed by atoms with E-state index in [1.165, 1.54) is 11.6 Å². The van der Waals surface area contributed by atoms with Crippen LogP contribution >= 0.6 is 0 Å². The van der Waals surface area contributed by atoms with Crippen LogP contribution in [0.25, 0.3) is 0 Å². The number of hydrogen-bond acceptors (Lipinski definition) is 5. The molecule has 7 heteroatoms. The van der Waals surface area contributed by atoms with E-state index in [2.05, 4.69) is 17.3 Å². The molecule has 0 aliphatic carbocycles. The highest BCUT2D eigenvalue weighted by Crippen LogP contribution is 2.30. The van der Waals surface area contributed by atoms with Gasteiger partial charge in [0.25, 0.3) is 0 Å². The summed E-state index contributed by atoms with van der Waals surface area (Å²) in [4.78, 5) is 26.7. The van der Waals surface area contributed by atoms with Crippen LogP contribution in [-0.4, -0.2) is 59.4 Å².